The van der Waals surface area contributed by atoms with Crippen LogP contribution < -0.4 is 5.32 Å². The second-order valence-electron chi connectivity index (χ2n) is 5.25. The van der Waals surface area contributed by atoms with Crippen molar-refractivity contribution in [1.82, 2.24) is 10.2 Å². The van der Waals surface area contributed by atoms with Crippen molar-refractivity contribution in [3.05, 3.63) is 35.4 Å². The molecule has 94 valence electrons. The lowest BCUT2D eigenvalue weighted by atomic mass is 10.1. The van der Waals surface area contributed by atoms with Gasteiger partial charge in [-0.15, -0.1) is 0 Å². The highest BCUT2D eigenvalue weighted by atomic mass is 15.1. The second-order valence-corrected chi connectivity index (χ2v) is 5.25. The highest BCUT2D eigenvalue weighted by molar-refractivity contribution is 5.21. The third-order valence-corrected chi connectivity index (χ3v) is 3.70. The Morgan fingerprint density at radius 3 is 2.76 bits per heavy atom. The summed E-state index contributed by atoms with van der Waals surface area (Å²) in [5, 5.41) is 3.53. The van der Waals surface area contributed by atoms with Crippen molar-refractivity contribution in [2.24, 2.45) is 0 Å². The Kier molecular flexibility index (Phi) is 4.57. The van der Waals surface area contributed by atoms with Crippen LogP contribution in [0.15, 0.2) is 24.3 Å². The van der Waals surface area contributed by atoms with Crippen molar-refractivity contribution < 1.29 is 0 Å². The van der Waals surface area contributed by atoms with Gasteiger partial charge in [-0.3, -0.25) is 4.90 Å². The molecule has 1 atom stereocenters. The smallest absolute Gasteiger partial charge is 0.0234 e. The SMILES string of the molecule is Cc1ccc(CN(C)C2CCCCNC2)cc1. The Hall–Kier alpha value is -0.860. The van der Waals surface area contributed by atoms with E-state index in [1.54, 1.807) is 0 Å². The molecule has 1 aliphatic heterocycles. The molecule has 0 aromatic heterocycles. The Morgan fingerprint density at radius 1 is 1.24 bits per heavy atom. The van der Waals surface area contributed by atoms with Crippen molar-refractivity contribution in [3.8, 4) is 0 Å². The van der Waals surface area contributed by atoms with Crippen LogP contribution in [0.4, 0.5) is 0 Å². The molecule has 1 aliphatic rings. The predicted octanol–water partition coefficient (Wildman–Crippen LogP) is 2.57. The fourth-order valence-electron chi connectivity index (χ4n) is 2.49. The first-order valence-corrected chi connectivity index (χ1v) is 6.72. The van der Waals surface area contributed by atoms with Crippen LogP contribution in [0.3, 0.4) is 0 Å². The first-order chi connectivity index (χ1) is 8.25. The van der Waals surface area contributed by atoms with Crippen LogP contribution in [0.2, 0.25) is 0 Å². The number of benzene rings is 1. The maximum atomic E-state index is 3.53. The zero-order valence-electron chi connectivity index (χ0n) is 11.1. The van der Waals surface area contributed by atoms with Gasteiger partial charge >= 0.3 is 0 Å². The van der Waals surface area contributed by atoms with Gasteiger partial charge in [0.15, 0.2) is 0 Å². The lowest BCUT2D eigenvalue weighted by Crippen LogP contribution is -2.38. The molecule has 1 N–H and O–H groups in total. The average molecular weight is 232 g/mol. The molecule has 1 unspecified atom stereocenters. The fraction of sp³-hybridized carbons (Fsp3) is 0.600. The van der Waals surface area contributed by atoms with Crippen molar-refractivity contribution in [1.29, 1.82) is 0 Å². The maximum absolute atomic E-state index is 3.53. The van der Waals surface area contributed by atoms with Gasteiger partial charge in [0.25, 0.3) is 0 Å². The second kappa shape index (κ2) is 6.18. The molecule has 0 radical (unpaired) electrons. The summed E-state index contributed by atoms with van der Waals surface area (Å²) in [6.07, 6.45) is 4.01. The van der Waals surface area contributed by atoms with Crippen LogP contribution in [0.25, 0.3) is 0 Å². The van der Waals surface area contributed by atoms with E-state index < -0.39 is 0 Å². The zero-order valence-corrected chi connectivity index (χ0v) is 11.1. The molecule has 0 amide bonds. The summed E-state index contributed by atoms with van der Waals surface area (Å²) < 4.78 is 0. The number of hydrogen-bond donors (Lipinski definition) is 1. The van der Waals surface area contributed by atoms with Crippen LogP contribution in [-0.2, 0) is 6.54 Å². The molecule has 2 rings (SSSR count). The minimum atomic E-state index is 0.693. The van der Waals surface area contributed by atoms with Gasteiger partial charge in [0.05, 0.1) is 0 Å². The largest absolute Gasteiger partial charge is 0.315 e. The summed E-state index contributed by atoms with van der Waals surface area (Å²) in [6.45, 7) is 5.53. The third-order valence-electron chi connectivity index (χ3n) is 3.70. The van der Waals surface area contributed by atoms with E-state index in [1.165, 1.54) is 36.9 Å². The van der Waals surface area contributed by atoms with Crippen molar-refractivity contribution in [2.75, 3.05) is 20.1 Å². The average Bonchev–Trinajstić information content (AvgIpc) is 2.61. The molecule has 1 aromatic rings. The number of hydrogen-bond acceptors (Lipinski definition) is 2. The molecule has 1 saturated heterocycles. The van der Waals surface area contributed by atoms with E-state index in [0.717, 1.165) is 13.1 Å². The van der Waals surface area contributed by atoms with E-state index in [2.05, 4.69) is 48.5 Å². The van der Waals surface area contributed by atoms with Gasteiger partial charge in [0.1, 0.15) is 0 Å². The Bertz CT molecular complexity index is 323. The van der Waals surface area contributed by atoms with Crippen LogP contribution in [-0.4, -0.2) is 31.1 Å². The van der Waals surface area contributed by atoms with Gasteiger partial charge in [-0.1, -0.05) is 36.2 Å². The van der Waals surface area contributed by atoms with Gasteiger partial charge < -0.3 is 5.32 Å². The molecule has 0 aliphatic carbocycles. The van der Waals surface area contributed by atoms with Gasteiger partial charge in [0, 0.05) is 19.1 Å². The number of nitrogens with one attached hydrogen (secondary N) is 1. The van der Waals surface area contributed by atoms with Crippen LogP contribution in [0.1, 0.15) is 30.4 Å². The van der Waals surface area contributed by atoms with E-state index in [-0.39, 0.29) is 0 Å². The summed E-state index contributed by atoms with van der Waals surface area (Å²) in [5.74, 6) is 0. The summed E-state index contributed by atoms with van der Waals surface area (Å²) >= 11 is 0. The predicted molar refractivity (Wildman–Crippen MR) is 73.2 cm³/mol. The molecular formula is C15H24N2. The summed E-state index contributed by atoms with van der Waals surface area (Å²) in [4.78, 5) is 2.49. The molecule has 0 spiro atoms. The van der Waals surface area contributed by atoms with E-state index >= 15 is 0 Å². The Morgan fingerprint density at radius 2 is 2.00 bits per heavy atom. The number of aryl methyl sites for hydroxylation is 1. The molecule has 2 heteroatoms. The summed E-state index contributed by atoms with van der Waals surface area (Å²) in [7, 11) is 2.25. The lowest BCUT2D eigenvalue weighted by molar-refractivity contribution is 0.222. The first-order valence-electron chi connectivity index (χ1n) is 6.72. The minimum absolute atomic E-state index is 0.693. The van der Waals surface area contributed by atoms with E-state index in [9.17, 15) is 0 Å². The zero-order chi connectivity index (χ0) is 12.1. The Balaban J connectivity index is 1.90. The molecule has 0 saturated carbocycles. The monoisotopic (exact) mass is 232 g/mol. The molecule has 1 heterocycles. The van der Waals surface area contributed by atoms with E-state index in [1.807, 2.05) is 0 Å². The molecule has 2 nitrogen and oxygen atoms in total. The molecule has 1 fully saturated rings. The number of likely N-dealkylation sites (N-methyl/N-ethyl adjacent to an activating group) is 1. The van der Waals surface area contributed by atoms with Crippen molar-refractivity contribution in [3.63, 3.8) is 0 Å². The summed E-state index contributed by atoms with van der Waals surface area (Å²) in [6, 6.07) is 9.59. The first kappa shape index (κ1) is 12.6. The van der Waals surface area contributed by atoms with Crippen molar-refractivity contribution in [2.45, 2.75) is 38.8 Å². The number of nitrogens with zero attached hydrogens (tertiary/aromatic N) is 1. The van der Waals surface area contributed by atoms with Gasteiger partial charge in [-0.25, -0.2) is 0 Å². The van der Waals surface area contributed by atoms with Crippen LogP contribution in [0.5, 0.6) is 0 Å². The fourth-order valence-corrected chi connectivity index (χ4v) is 2.49. The quantitative estimate of drug-likeness (QED) is 0.861. The molecular weight excluding hydrogens is 208 g/mol. The van der Waals surface area contributed by atoms with Gasteiger partial charge in [0.2, 0.25) is 0 Å². The minimum Gasteiger partial charge on any atom is -0.315 e. The Labute approximate surface area is 105 Å². The third kappa shape index (κ3) is 3.83. The van der Waals surface area contributed by atoms with Gasteiger partial charge in [-0.2, -0.15) is 0 Å². The maximum Gasteiger partial charge on any atom is 0.0234 e. The van der Waals surface area contributed by atoms with Crippen LogP contribution in [0, 0.1) is 6.92 Å². The molecule has 1 aromatic carbocycles. The van der Waals surface area contributed by atoms with Crippen molar-refractivity contribution >= 4 is 0 Å². The van der Waals surface area contributed by atoms with Crippen LogP contribution >= 0.6 is 0 Å². The highest BCUT2D eigenvalue weighted by Gasteiger charge is 2.16. The normalized spacial score (nSPS) is 21.5. The number of rotatable bonds is 3. The lowest BCUT2D eigenvalue weighted by Gasteiger charge is -2.27. The molecule has 0 bridgehead atoms. The summed E-state index contributed by atoms with van der Waals surface area (Å²) in [5.41, 5.74) is 2.76. The topological polar surface area (TPSA) is 15.3 Å². The van der Waals surface area contributed by atoms with Gasteiger partial charge in [-0.05, 0) is 38.9 Å². The van der Waals surface area contributed by atoms with E-state index in [4.69, 9.17) is 0 Å². The highest BCUT2D eigenvalue weighted by Crippen LogP contribution is 2.13. The van der Waals surface area contributed by atoms with E-state index in [0.29, 0.717) is 6.04 Å². The molecule has 17 heavy (non-hydrogen) atoms. The standard InChI is InChI=1S/C15H24N2/c1-13-6-8-14(9-7-13)12-17(2)15-5-3-4-10-16-11-15/h6-9,15-16H,3-5,10-12H2,1-2H3.